The zero-order chi connectivity index (χ0) is 16.7. The molecule has 7 nitrogen and oxygen atoms in total. The van der Waals surface area contributed by atoms with E-state index >= 15 is 0 Å². The number of carbonyl (C=O) groups excluding carboxylic acids is 1. The van der Waals surface area contributed by atoms with Gasteiger partial charge in [0, 0.05) is 5.69 Å². The number of benzene rings is 2. The molecule has 1 unspecified atom stereocenters. The molecule has 0 saturated carbocycles. The van der Waals surface area contributed by atoms with Gasteiger partial charge in [-0.1, -0.05) is 12.1 Å². The minimum Gasteiger partial charge on any atom is -0.408 e. The number of fused-ring (bicyclic) bond motifs is 2. The summed E-state index contributed by atoms with van der Waals surface area (Å²) >= 11 is 0. The van der Waals surface area contributed by atoms with Gasteiger partial charge in [-0.15, -0.1) is 0 Å². The van der Waals surface area contributed by atoms with Crippen molar-refractivity contribution in [1.29, 1.82) is 0 Å². The molecule has 120 valence electrons. The number of H-pyrrole nitrogens is 1. The largest absolute Gasteiger partial charge is 0.417 e. The van der Waals surface area contributed by atoms with Crippen molar-refractivity contribution in [3.8, 4) is 0 Å². The number of hydrogen-bond donors (Lipinski definition) is 2. The maximum atomic E-state index is 12.5. The van der Waals surface area contributed by atoms with Crippen LogP contribution in [0.5, 0.6) is 0 Å². The number of para-hydroxylation sites is 2. The Bertz CT molecular complexity index is 1110. The molecule has 0 fully saturated rings. The van der Waals surface area contributed by atoms with E-state index in [9.17, 15) is 9.59 Å². The number of aromatic amines is 1. The first-order chi connectivity index (χ1) is 11.6. The van der Waals surface area contributed by atoms with Crippen molar-refractivity contribution in [2.75, 3.05) is 5.32 Å². The molecule has 1 amide bonds. The molecule has 0 bridgehead atoms. The number of oxazole rings is 1. The molecule has 0 saturated heterocycles. The molecule has 0 aliphatic heterocycles. The highest BCUT2D eigenvalue weighted by Gasteiger charge is 2.17. The quantitative estimate of drug-likeness (QED) is 0.606. The lowest BCUT2D eigenvalue weighted by molar-refractivity contribution is -0.118. The SMILES string of the molecule is CC(C(=O)Nc1ccc2oc(=O)[nH]c2c1)n1cnc2ccccc21. The summed E-state index contributed by atoms with van der Waals surface area (Å²) in [5, 5.41) is 2.84. The topological polar surface area (TPSA) is 92.9 Å². The van der Waals surface area contributed by atoms with Crippen LogP contribution in [0, 0.1) is 0 Å². The van der Waals surface area contributed by atoms with Gasteiger partial charge in [-0.25, -0.2) is 9.78 Å². The first-order valence-electron chi connectivity index (χ1n) is 7.47. The molecule has 24 heavy (non-hydrogen) atoms. The van der Waals surface area contributed by atoms with Crippen LogP contribution in [0.2, 0.25) is 0 Å². The highest BCUT2D eigenvalue weighted by atomic mass is 16.4. The maximum absolute atomic E-state index is 12.5. The Kier molecular flexibility index (Phi) is 3.19. The van der Waals surface area contributed by atoms with Crippen LogP contribution in [0.25, 0.3) is 22.1 Å². The molecule has 0 radical (unpaired) electrons. The summed E-state index contributed by atoms with van der Waals surface area (Å²) in [7, 11) is 0. The van der Waals surface area contributed by atoms with Gasteiger partial charge in [0.2, 0.25) is 5.91 Å². The number of anilines is 1. The van der Waals surface area contributed by atoms with E-state index in [4.69, 9.17) is 4.42 Å². The fraction of sp³-hybridized carbons (Fsp3) is 0.118. The van der Waals surface area contributed by atoms with Crippen molar-refractivity contribution in [3.05, 3.63) is 59.3 Å². The Morgan fingerprint density at radius 2 is 2.12 bits per heavy atom. The second kappa shape index (κ2) is 5.38. The Morgan fingerprint density at radius 3 is 3.00 bits per heavy atom. The third-order valence-electron chi connectivity index (χ3n) is 3.96. The second-order valence-corrected chi connectivity index (χ2v) is 5.53. The van der Waals surface area contributed by atoms with Gasteiger partial charge in [0.05, 0.1) is 22.9 Å². The standard InChI is InChI=1S/C17H14N4O3/c1-10(21-9-18-12-4-2-3-5-14(12)21)16(22)19-11-6-7-15-13(8-11)20-17(23)24-15/h2-10H,1H3,(H,19,22)(H,20,23). The first-order valence-corrected chi connectivity index (χ1v) is 7.47. The zero-order valence-electron chi connectivity index (χ0n) is 12.8. The summed E-state index contributed by atoms with van der Waals surface area (Å²) in [5.74, 6) is -0.699. The van der Waals surface area contributed by atoms with Crippen LogP contribution >= 0.6 is 0 Å². The monoisotopic (exact) mass is 322 g/mol. The van der Waals surface area contributed by atoms with Crippen LogP contribution < -0.4 is 11.1 Å². The molecule has 0 aliphatic carbocycles. The number of carbonyl (C=O) groups is 1. The molecular weight excluding hydrogens is 308 g/mol. The predicted octanol–water partition coefficient (Wildman–Crippen LogP) is 2.67. The Morgan fingerprint density at radius 1 is 1.29 bits per heavy atom. The average Bonchev–Trinajstić information content (AvgIpc) is 3.16. The zero-order valence-corrected chi connectivity index (χ0v) is 12.8. The van der Waals surface area contributed by atoms with E-state index in [1.54, 1.807) is 24.5 Å². The van der Waals surface area contributed by atoms with Crippen LogP contribution in [-0.4, -0.2) is 20.4 Å². The number of amides is 1. The summed E-state index contributed by atoms with van der Waals surface area (Å²) < 4.78 is 6.77. The van der Waals surface area contributed by atoms with Gasteiger partial charge in [-0.2, -0.15) is 0 Å². The number of nitrogens with zero attached hydrogens (tertiary/aromatic N) is 2. The minimum atomic E-state index is -0.522. The summed E-state index contributed by atoms with van der Waals surface area (Å²) in [4.78, 5) is 30.6. The first kappa shape index (κ1) is 14.3. The van der Waals surface area contributed by atoms with Crippen LogP contribution in [0.3, 0.4) is 0 Å². The van der Waals surface area contributed by atoms with Gasteiger partial charge >= 0.3 is 5.76 Å². The van der Waals surface area contributed by atoms with E-state index < -0.39 is 11.8 Å². The van der Waals surface area contributed by atoms with Crippen molar-refractivity contribution in [2.24, 2.45) is 0 Å². The molecule has 2 aromatic carbocycles. The van der Waals surface area contributed by atoms with Gasteiger partial charge in [0.25, 0.3) is 0 Å². The van der Waals surface area contributed by atoms with E-state index in [0.29, 0.717) is 16.8 Å². The van der Waals surface area contributed by atoms with Crippen molar-refractivity contribution in [1.82, 2.24) is 14.5 Å². The summed E-state index contributed by atoms with van der Waals surface area (Å²) in [6.45, 7) is 1.81. The number of hydrogen-bond acceptors (Lipinski definition) is 4. The van der Waals surface area contributed by atoms with E-state index in [2.05, 4.69) is 15.3 Å². The third kappa shape index (κ3) is 2.36. The third-order valence-corrected chi connectivity index (χ3v) is 3.96. The van der Waals surface area contributed by atoms with Gasteiger partial charge in [0.1, 0.15) is 6.04 Å². The predicted molar refractivity (Wildman–Crippen MR) is 89.9 cm³/mol. The summed E-state index contributed by atoms with van der Waals surface area (Å²) in [6, 6.07) is 12.2. The van der Waals surface area contributed by atoms with Crippen LogP contribution in [0.4, 0.5) is 5.69 Å². The van der Waals surface area contributed by atoms with Crippen molar-refractivity contribution in [3.63, 3.8) is 0 Å². The smallest absolute Gasteiger partial charge is 0.408 e. The van der Waals surface area contributed by atoms with E-state index in [-0.39, 0.29) is 5.91 Å². The van der Waals surface area contributed by atoms with E-state index in [1.807, 2.05) is 35.8 Å². The van der Waals surface area contributed by atoms with Crippen LogP contribution in [0.1, 0.15) is 13.0 Å². The lowest BCUT2D eigenvalue weighted by Crippen LogP contribution is -2.23. The fourth-order valence-corrected chi connectivity index (χ4v) is 2.69. The average molecular weight is 322 g/mol. The second-order valence-electron chi connectivity index (χ2n) is 5.53. The fourth-order valence-electron chi connectivity index (χ4n) is 2.69. The number of imidazole rings is 1. The van der Waals surface area contributed by atoms with E-state index in [1.165, 1.54) is 0 Å². The lowest BCUT2D eigenvalue weighted by Gasteiger charge is -2.14. The highest BCUT2D eigenvalue weighted by Crippen LogP contribution is 2.20. The van der Waals surface area contributed by atoms with Gasteiger partial charge in [0.15, 0.2) is 5.58 Å². The lowest BCUT2D eigenvalue weighted by atomic mass is 10.2. The van der Waals surface area contributed by atoms with Crippen molar-refractivity contribution >= 4 is 33.7 Å². The Labute approximate surface area is 135 Å². The summed E-state index contributed by atoms with van der Waals surface area (Å²) in [5.41, 5.74) is 3.32. The number of rotatable bonds is 3. The molecular formula is C17H14N4O3. The van der Waals surface area contributed by atoms with E-state index in [0.717, 1.165) is 11.0 Å². The van der Waals surface area contributed by atoms with Crippen LogP contribution in [0.15, 0.2) is 58.0 Å². The molecule has 2 heterocycles. The molecule has 7 heteroatoms. The molecule has 2 aromatic heterocycles. The molecule has 4 aromatic rings. The van der Waals surface area contributed by atoms with Gasteiger partial charge in [-0.3, -0.25) is 9.78 Å². The Balaban J connectivity index is 1.61. The maximum Gasteiger partial charge on any atom is 0.417 e. The molecule has 4 rings (SSSR count). The highest BCUT2D eigenvalue weighted by molar-refractivity contribution is 5.96. The van der Waals surface area contributed by atoms with Crippen molar-refractivity contribution < 1.29 is 9.21 Å². The van der Waals surface area contributed by atoms with Crippen molar-refractivity contribution in [2.45, 2.75) is 13.0 Å². The summed E-state index contributed by atoms with van der Waals surface area (Å²) in [6.07, 6.45) is 1.66. The minimum absolute atomic E-state index is 0.177. The normalized spacial score (nSPS) is 12.5. The molecule has 1 atom stereocenters. The number of aromatic nitrogens is 3. The molecule has 0 aliphatic rings. The molecule has 2 N–H and O–H groups in total. The Hall–Kier alpha value is -3.35. The van der Waals surface area contributed by atoms with Crippen LogP contribution in [-0.2, 0) is 4.79 Å². The van der Waals surface area contributed by atoms with Gasteiger partial charge in [-0.05, 0) is 37.3 Å². The molecule has 0 spiro atoms. The van der Waals surface area contributed by atoms with Gasteiger partial charge < -0.3 is 14.3 Å². The number of nitrogens with one attached hydrogen (secondary N) is 2.